The summed E-state index contributed by atoms with van der Waals surface area (Å²) in [5.41, 5.74) is 1.28. The van der Waals surface area contributed by atoms with Crippen LogP contribution in [0.2, 0.25) is 6.04 Å². The molecule has 2 nitrogen and oxygen atoms in total. The fourth-order valence-corrected chi connectivity index (χ4v) is 4.80. The van der Waals surface area contributed by atoms with Gasteiger partial charge in [-0.1, -0.05) is 74.7 Å². The van der Waals surface area contributed by atoms with Gasteiger partial charge in [0.2, 0.25) is 0 Å². The van der Waals surface area contributed by atoms with Crippen molar-refractivity contribution >= 4 is 16.3 Å². The molecular formula is C23H34NOSi. The monoisotopic (exact) mass is 368 g/mol. The van der Waals surface area contributed by atoms with E-state index in [1.165, 1.54) is 57.1 Å². The van der Waals surface area contributed by atoms with E-state index in [0.717, 1.165) is 18.4 Å². The van der Waals surface area contributed by atoms with Crippen LogP contribution in [0, 0.1) is 5.92 Å². The van der Waals surface area contributed by atoms with Gasteiger partial charge in [0.25, 0.3) is 0 Å². The van der Waals surface area contributed by atoms with Crippen molar-refractivity contribution in [3.05, 3.63) is 42.0 Å². The third-order valence-corrected chi connectivity index (χ3v) is 6.35. The molecule has 4 atom stereocenters. The van der Waals surface area contributed by atoms with Crippen LogP contribution in [0.4, 0.5) is 0 Å². The van der Waals surface area contributed by atoms with E-state index in [1.54, 1.807) is 0 Å². The molecule has 1 aromatic carbocycles. The number of fused-ring (bicyclic) bond motifs is 1. The summed E-state index contributed by atoms with van der Waals surface area (Å²) in [6.07, 6.45) is 15.4. The van der Waals surface area contributed by atoms with E-state index in [9.17, 15) is 0 Å². The summed E-state index contributed by atoms with van der Waals surface area (Å²) < 4.78 is 6.59. The zero-order valence-corrected chi connectivity index (χ0v) is 17.3. The zero-order valence-electron chi connectivity index (χ0n) is 16.3. The second kappa shape index (κ2) is 10.4. The highest BCUT2D eigenvalue weighted by Gasteiger charge is 2.44. The summed E-state index contributed by atoms with van der Waals surface area (Å²) in [5, 5.41) is 0. The zero-order chi connectivity index (χ0) is 18.2. The van der Waals surface area contributed by atoms with Gasteiger partial charge in [0.1, 0.15) is 6.23 Å². The highest BCUT2D eigenvalue weighted by molar-refractivity contribution is 6.08. The van der Waals surface area contributed by atoms with Crippen molar-refractivity contribution in [2.24, 2.45) is 5.92 Å². The molecule has 3 rings (SSSR count). The molecule has 4 unspecified atom stereocenters. The van der Waals surface area contributed by atoms with Crippen LogP contribution in [0.15, 0.2) is 36.4 Å². The molecule has 0 spiro atoms. The first kappa shape index (κ1) is 19.8. The second-order valence-electron chi connectivity index (χ2n) is 7.91. The number of benzene rings is 1. The largest absolute Gasteiger partial charge is 0.358 e. The fraction of sp³-hybridized carbons (Fsp3) is 0.652. The first-order valence-electron chi connectivity index (χ1n) is 10.6. The molecule has 1 aromatic rings. The van der Waals surface area contributed by atoms with Gasteiger partial charge in [-0.05, 0) is 37.2 Å². The van der Waals surface area contributed by atoms with Crippen LogP contribution in [0.5, 0.6) is 0 Å². The van der Waals surface area contributed by atoms with Crippen LogP contribution in [0.25, 0.3) is 6.08 Å². The highest BCUT2D eigenvalue weighted by atomic mass is 28.1. The SMILES string of the molecule is CCCCN1C(C/C=C/c2ccccc2)OC2CC(CCC[Si])CCC21. The van der Waals surface area contributed by atoms with Gasteiger partial charge >= 0.3 is 0 Å². The molecule has 1 aliphatic heterocycles. The van der Waals surface area contributed by atoms with Gasteiger partial charge in [0.05, 0.1) is 6.10 Å². The second-order valence-corrected chi connectivity index (χ2v) is 8.41. The van der Waals surface area contributed by atoms with Crippen molar-refractivity contribution in [3.8, 4) is 0 Å². The summed E-state index contributed by atoms with van der Waals surface area (Å²) >= 11 is 0. The van der Waals surface area contributed by atoms with Crippen LogP contribution in [-0.4, -0.2) is 40.1 Å². The molecule has 1 saturated carbocycles. The normalized spacial score (nSPS) is 29.3. The Labute approximate surface area is 163 Å². The van der Waals surface area contributed by atoms with Gasteiger partial charge in [0, 0.05) is 29.2 Å². The Morgan fingerprint density at radius 3 is 2.81 bits per heavy atom. The molecule has 0 aromatic heterocycles. The number of unbranched alkanes of at least 4 members (excludes halogenated alkanes) is 1. The molecule has 0 N–H and O–H groups in total. The van der Waals surface area contributed by atoms with Crippen molar-refractivity contribution in [3.63, 3.8) is 0 Å². The fourth-order valence-electron chi connectivity index (χ4n) is 4.59. The van der Waals surface area contributed by atoms with Crippen LogP contribution < -0.4 is 0 Å². The molecule has 2 fully saturated rings. The Bertz CT molecular complexity index is 546. The number of nitrogens with zero attached hydrogens (tertiary/aromatic N) is 1. The molecule has 1 saturated heterocycles. The van der Waals surface area contributed by atoms with Crippen molar-refractivity contribution in [2.45, 2.75) is 82.7 Å². The minimum atomic E-state index is 0.270. The van der Waals surface area contributed by atoms with E-state index in [2.05, 4.69) is 64.5 Å². The van der Waals surface area contributed by atoms with Crippen molar-refractivity contribution in [1.29, 1.82) is 0 Å². The molecule has 1 heterocycles. The Hall–Kier alpha value is -0.903. The average molecular weight is 369 g/mol. The lowest BCUT2D eigenvalue weighted by atomic mass is 9.81. The Kier molecular flexibility index (Phi) is 7.97. The molecule has 2 aliphatic rings. The number of hydrogen-bond donors (Lipinski definition) is 0. The molecule has 0 bridgehead atoms. The van der Waals surface area contributed by atoms with E-state index < -0.39 is 0 Å². The van der Waals surface area contributed by atoms with Gasteiger partial charge < -0.3 is 4.74 Å². The lowest BCUT2D eigenvalue weighted by molar-refractivity contribution is -0.00647. The molecule has 1 aliphatic carbocycles. The lowest BCUT2D eigenvalue weighted by Crippen LogP contribution is -2.42. The smallest absolute Gasteiger partial charge is 0.114 e. The summed E-state index contributed by atoms with van der Waals surface area (Å²) in [4.78, 5) is 2.68. The maximum Gasteiger partial charge on any atom is 0.114 e. The summed E-state index contributed by atoms with van der Waals surface area (Å²) in [7, 11) is 3.63. The molecule has 26 heavy (non-hydrogen) atoms. The van der Waals surface area contributed by atoms with E-state index in [1.807, 2.05) is 0 Å². The van der Waals surface area contributed by atoms with Crippen LogP contribution in [0.1, 0.15) is 63.9 Å². The molecule has 0 amide bonds. The van der Waals surface area contributed by atoms with Gasteiger partial charge in [-0.3, -0.25) is 4.90 Å². The Balaban J connectivity index is 1.59. The minimum Gasteiger partial charge on any atom is -0.358 e. The summed E-state index contributed by atoms with van der Waals surface area (Å²) in [6.45, 7) is 3.48. The van der Waals surface area contributed by atoms with E-state index in [0.29, 0.717) is 12.1 Å². The van der Waals surface area contributed by atoms with Crippen LogP contribution in [-0.2, 0) is 4.74 Å². The molecule has 141 valence electrons. The maximum atomic E-state index is 6.59. The number of rotatable bonds is 9. The quantitative estimate of drug-likeness (QED) is 0.537. The minimum absolute atomic E-state index is 0.270. The third-order valence-electron chi connectivity index (χ3n) is 6.00. The van der Waals surface area contributed by atoms with E-state index >= 15 is 0 Å². The first-order valence-corrected chi connectivity index (χ1v) is 11.3. The van der Waals surface area contributed by atoms with Gasteiger partial charge in [0.15, 0.2) is 0 Å². The maximum absolute atomic E-state index is 6.59. The van der Waals surface area contributed by atoms with Crippen LogP contribution in [0.3, 0.4) is 0 Å². The first-order chi connectivity index (χ1) is 12.8. The van der Waals surface area contributed by atoms with Gasteiger partial charge in [-0.2, -0.15) is 0 Å². The summed E-state index contributed by atoms with van der Waals surface area (Å²) in [5.74, 6) is 0.860. The number of ether oxygens (including phenoxy) is 1. The standard InChI is InChI=1S/C23H34NOSi/c1-2-3-16-24-21-15-14-20(12-8-17-26)18-22(21)25-23(24)13-7-11-19-9-5-4-6-10-19/h4-7,9-11,20-23H,2-3,8,12-18H2,1H3/b11-7+. The Morgan fingerprint density at radius 1 is 1.19 bits per heavy atom. The molecular weight excluding hydrogens is 334 g/mol. The topological polar surface area (TPSA) is 12.5 Å². The van der Waals surface area contributed by atoms with Gasteiger partial charge in [-0.25, -0.2) is 0 Å². The predicted octanol–water partition coefficient (Wildman–Crippen LogP) is 5.45. The van der Waals surface area contributed by atoms with Gasteiger partial charge in [-0.15, -0.1) is 0 Å². The van der Waals surface area contributed by atoms with Crippen molar-refractivity contribution in [1.82, 2.24) is 4.90 Å². The molecule has 3 heteroatoms. The van der Waals surface area contributed by atoms with E-state index in [4.69, 9.17) is 4.74 Å². The predicted molar refractivity (Wildman–Crippen MR) is 111 cm³/mol. The van der Waals surface area contributed by atoms with Crippen molar-refractivity contribution < 1.29 is 4.74 Å². The molecule has 3 radical (unpaired) electrons. The lowest BCUT2D eigenvalue weighted by Gasteiger charge is -2.34. The average Bonchev–Trinajstić information content (AvgIpc) is 3.02. The number of hydrogen-bond acceptors (Lipinski definition) is 2. The van der Waals surface area contributed by atoms with Crippen LogP contribution >= 0.6 is 0 Å². The summed E-state index contributed by atoms with van der Waals surface area (Å²) in [6, 6.07) is 12.4. The highest BCUT2D eigenvalue weighted by Crippen LogP contribution is 2.39. The third kappa shape index (κ3) is 5.31. The van der Waals surface area contributed by atoms with Crippen molar-refractivity contribution in [2.75, 3.05) is 6.54 Å². The van der Waals surface area contributed by atoms with E-state index in [-0.39, 0.29) is 6.23 Å². The Morgan fingerprint density at radius 2 is 2.04 bits per heavy atom.